The van der Waals surface area contributed by atoms with Gasteiger partial charge in [0.2, 0.25) is 0 Å². The third-order valence-corrected chi connectivity index (χ3v) is 3.23. The van der Waals surface area contributed by atoms with Crippen LogP contribution in [0.2, 0.25) is 0 Å². The van der Waals surface area contributed by atoms with Gasteiger partial charge in [0.15, 0.2) is 5.78 Å². The predicted molar refractivity (Wildman–Crippen MR) is 73.6 cm³/mol. The van der Waals surface area contributed by atoms with Crippen LogP contribution in [-0.4, -0.2) is 18.5 Å². The Morgan fingerprint density at radius 1 is 1.28 bits per heavy atom. The number of carbonyl (C=O) groups is 1. The number of carbonyl (C=O) groups excluding carboxylic acids is 1. The summed E-state index contributed by atoms with van der Waals surface area (Å²) < 4.78 is 0. The van der Waals surface area contributed by atoms with Crippen LogP contribution in [0.5, 0.6) is 0 Å². The van der Waals surface area contributed by atoms with E-state index in [2.05, 4.69) is 5.32 Å². The second-order valence-electron chi connectivity index (χ2n) is 4.78. The fraction of sp³-hybridized carbons (Fsp3) is 0.333. The fourth-order valence-electron chi connectivity index (χ4n) is 2.42. The van der Waals surface area contributed by atoms with Gasteiger partial charge in [0.1, 0.15) is 0 Å². The molecule has 1 aliphatic rings. The van der Waals surface area contributed by atoms with E-state index in [-0.39, 0.29) is 11.7 Å². The quantitative estimate of drug-likeness (QED) is 0.783. The zero-order valence-corrected chi connectivity index (χ0v) is 10.8. The van der Waals surface area contributed by atoms with Crippen LogP contribution in [0.4, 0.5) is 0 Å². The van der Waals surface area contributed by atoms with Crippen molar-refractivity contribution in [3.8, 4) is 0 Å². The molecule has 2 N–H and O–H groups in total. The summed E-state index contributed by atoms with van der Waals surface area (Å²) in [6.45, 7) is 2.02. The summed E-state index contributed by atoms with van der Waals surface area (Å²) >= 11 is 0. The SMILES string of the molecule is CN/C(=C1\C(=N)C[C@@H](C)CC1=O)c1ccccc1. The van der Waals surface area contributed by atoms with E-state index >= 15 is 0 Å². The van der Waals surface area contributed by atoms with Crippen molar-refractivity contribution in [3.63, 3.8) is 0 Å². The molecule has 0 radical (unpaired) electrons. The van der Waals surface area contributed by atoms with Crippen molar-refractivity contribution >= 4 is 17.2 Å². The third-order valence-electron chi connectivity index (χ3n) is 3.23. The maximum Gasteiger partial charge on any atom is 0.167 e. The summed E-state index contributed by atoms with van der Waals surface area (Å²) in [4.78, 5) is 12.2. The molecule has 0 spiro atoms. The lowest BCUT2D eigenvalue weighted by Gasteiger charge is -2.23. The molecule has 1 aromatic carbocycles. The van der Waals surface area contributed by atoms with Gasteiger partial charge in [-0.25, -0.2) is 0 Å². The van der Waals surface area contributed by atoms with Crippen LogP contribution < -0.4 is 5.32 Å². The smallest absolute Gasteiger partial charge is 0.167 e. The molecule has 1 fully saturated rings. The summed E-state index contributed by atoms with van der Waals surface area (Å²) in [5.74, 6) is 0.356. The van der Waals surface area contributed by atoms with Crippen molar-refractivity contribution in [1.82, 2.24) is 5.32 Å². The van der Waals surface area contributed by atoms with E-state index < -0.39 is 0 Å². The molecule has 0 aliphatic heterocycles. The van der Waals surface area contributed by atoms with Crippen molar-refractivity contribution < 1.29 is 4.79 Å². The first-order valence-corrected chi connectivity index (χ1v) is 6.22. The second kappa shape index (κ2) is 5.17. The lowest BCUT2D eigenvalue weighted by Crippen LogP contribution is -2.27. The molecule has 3 heteroatoms. The third kappa shape index (κ3) is 2.35. The van der Waals surface area contributed by atoms with Crippen molar-refractivity contribution in [2.24, 2.45) is 5.92 Å². The first-order valence-electron chi connectivity index (χ1n) is 6.22. The van der Waals surface area contributed by atoms with Gasteiger partial charge in [0.05, 0.1) is 11.3 Å². The Morgan fingerprint density at radius 3 is 2.50 bits per heavy atom. The Balaban J connectivity index is 2.49. The number of Topliss-reactive ketones (excluding diaryl/α,β-unsaturated/α-hetero) is 1. The lowest BCUT2D eigenvalue weighted by molar-refractivity contribution is -0.116. The van der Waals surface area contributed by atoms with Crippen molar-refractivity contribution in [2.45, 2.75) is 19.8 Å². The van der Waals surface area contributed by atoms with Crippen molar-refractivity contribution in [1.29, 1.82) is 5.41 Å². The van der Waals surface area contributed by atoms with Crippen LogP contribution in [0.25, 0.3) is 5.70 Å². The molecule has 1 aliphatic carbocycles. The van der Waals surface area contributed by atoms with Gasteiger partial charge in [-0.1, -0.05) is 37.3 Å². The zero-order valence-electron chi connectivity index (χ0n) is 10.8. The Hall–Kier alpha value is -1.90. The van der Waals surface area contributed by atoms with E-state index in [0.29, 0.717) is 24.1 Å². The van der Waals surface area contributed by atoms with Crippen molar-refractivity contribution in [2.75, 3.05) is 7.05 Å². The van der Waals surface area contributed by atoms with Crippen molar-refractivity contribution in [3.05, 3.63) is 41.5 Å². The Labute approximate surface area is 107 Å². The van der Waals surface area contributed by atoms with Crippen LogP contribution in [0.15, 0.2) is 35.9 Å². The molecule has 1 atom stereocenters. The lowest BCUT2D eigenvalue weighted by atomic mass is 9.82. The molecule has 18 heavy (non-hydrogen) atoms. The van der Waals surface area contributed by atoms with E-state index in [0.717, 1.165) is 11.3 Å². The van der Waals surface area contributed by atoms with Gasteiger partial charge in [0.25, 0.3) is 0 Å². The van der Waals surface area contributed by atoms with Gasteiger partial charge in [0, 0.05) is 19.2 Å². The summed E-state index contributed by atoms with van der Waals surface area (Å²) in [5.41, 5.74) is 2.74. The zero-order chi connectivity index (χ0) is 13.1. The topological polar surface area (TPSA) is 53.0 Å². The van der Waals surface area contributed by atoms with E-state index in [1.54, 1.807) is 7.05 Å². The summed E-state index contributed by atoms with van der Waals surface area (Å²) in [6.07, 6.45) is 1.22. The van der Waals surface area contributed by atoms with E-state index in [9.17, 15) is 4.79 Å². The number of hydrogen-bond acceptors (Lipinski definition) is 3. The molecule has 0 bridgehead atoms. The van der Waals surface area contributed by atoms with Gasteiger partial charge >= 0.3 is 0 Å². The largest absolute Gasteiger partial charge is 0.387 e. The minimum absolute atomic E-state index is 0.0759. The van der Waals surface area contributed by atoms with Crippen LogP contribution in [0.1, 0.15) is 25.3 Å². The molecule has 0 heterocycles. The Morgan fingerprint density at radius 2 is 1.94 bits per heavy atom. The normalized spacial score (nSPS) is 22.9. The first kappa shape index (κ1) is 12.6. The highest BCUT2D eigenvalue weighted by Crippen LogP contribution is 2.27. The van der Waals surface area contributed by atoms with Gasteiger partial charge in [-0.2, -0.15) is 0 Å². The summed E-state index contributed by atoms with van der Waals surface area (Å²) in [6, 6.07) is 9.73. The monoisotopic (exact) mass is 242 g/mol. The number of benzene rings is 1. The molecule has 94 valence electrons. The maximum absolute atomic E-state index is 12.2. The highest BCUT2D eigenvalue weighted by Gasteiger charge is 2.28. The maximum atomic E-state index is 12.2. The first-order chi connectivity index (χ1) is 8.63. The Kier molecular flexibility index (Phi) is 3.60. The average Bonchev–Trinajstić information content (AvgIpc) is 2.34. The molecule has 0 amide bonds. The Bertz CT molecular complexity index is 482. The highest BCUT2D eigenvalue weighted by atomic mass is 16.1. The molecule has 0 aromatic heterocycles. The van der Waals surface area contributed by atoms with E-state index in [1.165, 1.54) is 0 Å². The number of allylic oxidation sites excluding steroid dienone is 1. The van der Waals surface area contributed by atoms with E-state index in [1.807, 2.05) is 37.3 Å². The predicted octanol–water partition coefficient (Wildman–Crippen LogP) is 2.64. The fourth-order valence-corrected chi connectivity index (χ4v) is 2.42. The minimum Gasteiger partial charge on any atom is -0.387 e. The molecule has 3 nitrogen and oxygen atoms in total. The summed E-state index contributed by atoms with van der Waals surface area (Å²) in [5, 5.41) is 11.2. The number of nitrogens with one attached hydrogen (secondary N) is 2. The van der Waals surface area contributed by atoms with Crippen LogP contribution in [0, 0.1) is 11.3 Å². The van der Waals surface area contributed by atoms with Crippen LogP contribution in [-0.2, 0) is 4.79 Å². The van der Waals surface area contributed by atoms with Gasteiger partial charge in [-0.3, -0.25) is 4.79 Å². The van der Waals surface area contributed by atoms with E-state index in [4.69, 9.17) is 5.41 Å². The van der Waals surface area contributed by atoms with Crippen LogP contribution in [0.3, 0.4) is 0 Å². The van der Waals surface area contributed by atoms with Gasteiger partial charge in [-0.05, 0) is 17.9 Å². The van der Waals surface area contributed by atoms with Gasteiger partial charge < -0.3 is 10.7 Å². The van der Waals surface area contributed by atoms with Crippen LogP contribution >= 0.6 is 0 Å². The molecular weight excluding hydrogens is 224 g/mol. The highest BCUT2D eigenvalue weighted by molar-refractivity contribution is 6.27. The number of ketones is 1. The molecule has 1 saturated carbocycles. The summed E-state index contributed by atoms with van der Waals surface area (Å²) in [7, 11) is 1.80. The average molecular weight is 242 g/mol. The number of hydrogen-bond donors (Lipinski definition) is 2. The molecule has 0 saturated heterocycles. The molecule has 1 aromatic rings. The molecular formula is C15H18N2O. The second-order valence-corrected chi connectivity index (χ2v) is 4.78. The molecule has 2 rings (SSSR count). The van der Waals surface area contributed by atoms with Gasteiger partial charge in [-0.15, -0.1) is 0 Å². The number of rotatable bonds is 2. The molecule has 0 unspecified atom stereocenters. The standard InChI is InChI=1S/C15H18N2O/c1-10-8-12(16)14(13(18)9-10)15(17-2)11-6-4-3-5-7-11/h3-7,10,16-17H,8-9H2,1-2H3/b15-14+,16-12?/t10-/m1/s1. The minimum atomic E-state index is 0.0759.